The molecule has 2 rings (SSSR count). The Kier molecular flexibility index (Phi) is 6.58. The molecule has 4 nitrogen and oxygen atoms in total. The molecule has 0 unspecified atom stereocenters. The van der Waals surface area contributed by atoms with Crippen molar-refractivity contribution in [3.05, 3.63) is 48.6 Å². The maximum Gasteiger partial charge on any atom is 0.183 e. The highest BCUT2D eigenvalue weighted by Gasteiger charge is 2.30. The summed E-state index contributed by atoms with van der Waals surface area (Å²) in [6.45, 7) is 6.79. The van der Waals surface area contributed by atoms with Gasteiger partial charge in [0.2, 0.25) is 0 Å². The lowest BCUT2D eigenvalue weighted by molar-refractivity contribution is -0.244. The fraction of sp³-hybridized carbons (Fsp3) is 0.556. The van der Waals surface area contributed by atoms with Crippen LogP contribution in [0.2, 0.25) is 0 Å². The quantitative estimate of drug-likeness (QED) is 0.750. The van der Waals surface area contributed by atoms with Gasteiger partial charge in [-0.15, -0.1) is 6.58 Å². The molecule has 0 bridgehead atoms. The van der Waals surface area contributed by atoms with Crippen molar-refractivity contribution in [2.75, 3.05) is 13.2 Å². The first-order valence-electron chi connectivity index (χ1n) is 7.83. The maximum absolute atomic E-state index is 10.1. The van der Waals surface area contributed by atoms with E-state index in [2.05, 4.69) is 6.58 Å². The highest BCUT2D eigenvalue weighted by molar-refractivity contribution is 5.13. The molecule has 22 heavy (non-hydrogen) atoms. The second-order valence-corrected chi connectivity index (χ2v) is 6.02. The van der Waals surface area contributed by atoms with Crippen LogP contribution in [0.25, 0.3) is 0 Å². The van der Waals surface area contributed by atoms with Crippen LogP contribution in [0.15, 0.2) is 43.0 Å². The zero-order valence-electron chi connectivity index (χ0n) is 13.2. The van der Waals surface area contributed by atoms with E-state index < -0.39 is 11.9 Å². The average Bonchev–Trinajstić information content (AvgIpc) is 2.53. The zero-order chi connectivity index (χ0) is 15.8. The number of ether oxygens (including phenoxy) is 3. The van der Waals surface area contributed by atoms with Crippen molar-refractivity contribution in [1.29, 1.82) is 0 Å². The predicted molar refractivity (Wildman–Crippen MR) is 85.4 cm³/mol. The van der Waals surface area contributed by atoms with Crippen LogP contribution in [0.5, 0.6) is 0 Å². The van der Waals surface area contributed by atoms with E-state index in [1.165, 1.54) is 0 Å². The van der Waals surface area contributed by atoms with Gasteiger partial charge in [-0.2, -0.15) is 0 Å². The molecule has 1 aliphatic rings. The summed E-state index contributed by atoms with van der Waals surface area (Å²) in [5.41, 5.74) is 0.206. The molecule has 1 N–H and O–H groups in total. The summed E-state index contributed by atoms with van der Waals surface area (Å²) in [5, 5.41) is 10.1. The fourth-order valence-corrected chi connectivity index (χ4v) is 2.45. The second kappa shape index (κ2) is 8.44. The molecule has 0 saturated carbocycles. The van der Waals surface area contributed by atoms with Crippen molar-refractivity contribution in [1.82, 2.24) is 0 Å². The molecule has 0 spiro atoms. The fourth-order valence-electron chi connectivity index (χ4n) is 2.45. The van der Waals surface area contributed by atoms with E-state index in [-0.39, 0.29) is 12.7 Å². The monoisotopic (exact) mass is 306 g/mol. The number of hydrogen-bond acceptors (Lipinski definition) is 4. The minimum absolute atomic E-state index is 0.103. The van der Waals surface area contributed by atoms with Gasteiger partial charge in [0, 0.05) is 6.61 Å². The van der Waals surface area contributed by atoms with Gasteiger partial charge in [0.25, 0.3) is 0 Å². The average molecular weight is 306 g/mol. The lowest BCUT2D eigenvalue weighted by Gasteiger charge is -2.33. The minimum Gasteiger partial charge on any atom is -0.387 e. The summed E-state index contributed by atoms with van der Waals surface area (Å²) in [4.78, 5) is 0. The Hall–Kier alpha value is -1.20. The molecule has 1 aliphatic heterocycles. The van der Waals surface area contributed by atoms with Crippen molar-refractivity contribution in [2.45, 2.75) is 50.8 Å². The van der Waals surface area contributed by atoms with Gasteiger partial charge in [0.1, 0.15) is 6.10 Å². The molecule has 1 aromatic carbocycles. The van der Waals surface area contributed by atoms with Crippen LogP contribution in [0.1, 0.15) is 31.7 Å². The van der Waals surface area contributed by atoms with Gasteiger partial charge in [0.05, 0.1) is 18.8 Å². The summed E-state index contributed by atoms with van der Waals surface area (Å²) < 4.78 is 17.4. The van der Waals surface area contributed by atoms with Gasteiger partial charge in [-0.3, -0.25) is 0 Å². The number of benzene rings is 1. The van der Waals surface area contributed by atoms with E-state index in [9.17, 15) is 5.11 Å². The first-order valence-corrected chi connectivity index (χ1v) is 7.83. The largest absolute Gasteiger partial charge is 0.387 e. The van der Waals surface area contributed by atoms with E-state index in [1.807, 2.05) is 30.3 Å². The summed E-state index contributed by atoms with van der Waals surface area (Å²) in [6, 6.07) is 10.1. The minimum atomic E-state index is -0.924. The van der Waals surface area contributed by atoms with Crippen LogP contribution < -0.4 is 0 Å². The van der Waals surface area contributed by atoms with Crippen LogP contribution in [0.3, 0.4) is 0 Å². The molecule has 1 saturated heterocycles. The van der Waals surface area contributed by atoms with Crippen molar-refractivity contribution in [3.63, 3.8) is 0 Å². The molecule has 0 radical (unpaired) electrons. The maximum atomic E-state index is 10.1. The first-order chi connectivity index (χ1) is 10.6. The Balaban J connectivity index is 1.84. The van der Waals surface area contributed by atoms with Crippen molar-refractivity contribution >= 4 is 0 Å². The van der Waals surface area contributed by atoms with Gasteiger partial charge in [-0.05, 0) is 31.7 Å². The first kappa shape index (κ1) is 17.2. The third-order valence-corrected chi connectivity index (χ3v) is 3.67. The Morgan fingerprint density at radius 1 is 1.36 bits per heavy atom. The summed E-state index contributed by atoms with van der Waals surface area (Å²) in [5.74, 6) is 0. The van der Waals surface area contributed by atoms with E-state index in [1.54, 1.807) is 13.0 Å². The third kappa shape index (κ3) is 5.54. The predicted octanol–water partition coefficient (Wildman–Crippen LogP) is 3.05. The number of hydrogen-bond donors (Lipinski definition) is 1. The SMILES string of the molecule is C=CC[C@](C)(O)CO[C@H]1OCCC[C@@H]1OCc1ccccc1. The number of rotatable bonds is 8. The van der Waals surface area contributed by atoms with Crippen LogP contribution >= 0.6 is 0 Å². The van der Waals surface area contributed by atoms with Crippen LogP contribution in [-0.2, 0) is 20.8 Å². The Morgan fingerprint density at radius 2 is 2.14 bits per heavy atom. The van der Waals surface area contributed by atoms with E-state index in [0.717, 1.165) is 18.4 Å². The van der Waals surface area contributed by atoms with E-state index >= 15 is 0 Å². The second-order valence-electron chi connectivity index (χ2n) is 6.02. The number of aliphatic hydroxyl groups is 1. The lowest BCUT2D eigenvalue weighted by Crippen LogP contribution is -2.42. The van der Waals surface area contributed by atoms with Gasteiger partial charge < -0.3 is 19.3 Å². The molecule has 0 amide bonds. The Bertz CT molecular complexity index is 444. The molecule has 0 aliphatic carbocycles. The summed E-state index contributed by atoms with van der Waals surface area (Å²) in [7, 11) is 0. The summed E-state index contributed by atoms with van der Waals surface area (Å²) >= 11 is 0. The molecule has 122 valence electrons. The highest BCUT2D eigenvalue weighted by atomic mass is 16.7. The van der Waals surface area contributed by atoms with Crippen LogP contribution in [-0.4, -0.2) is 36.3 Å². The Labute approximate surface area is 132 Å². The molecule has 0 aromatic heterocycles. The van der Waals surface area contributed by atoms with Crippen LogP contribution in [0, 0.1) is 0 Å². The smallest absolute Gasteiger partial charge is 0.183 e. The van der Waals surface area contributed by atoms with Crippen molar-refractivity contribution in [3.8, 4) is 0 Å². The highest BCUT2D eigenvalue weighted by Crippen LogP contribution is 2.22. The van der Waals surface area contributed by atoms with E-state index in [0.29, 0.717) is 19.6 Å². The Morgan fingerprint density at radius 3 is 2.86 bits per heavy atom. The van der Waals surface area contributed by atoms with Crippen molar-refractivity contribution < 1.29 is 19.3 Å². The van der Waals surface area contributed by atoms with Gasteiger partial charge in [-0.1, -0.05) is 36.4 Å². The third-order valence-electron chi connectivity index (χ3n) is 3.67. The lowest BCUT2D eigenvalue weighted by atomic mass is 10.0. The molecular weight excluding hydrogens is 280 g/mol. The van der Waals surface area contributed by atoms with Gasteiger partial charge in [-0.25, -0.2) is 0 Å². The van der Waals surface area contributed by atoms with Gasteiger partial charge in [0.15, 0.2) is 6.29 Å². The van der Waals surface area contributed by atoms with Gasteiger partial charge >= 0.3 is 0 Å². The topological polar surface area (TPSA) is 47.9 Å². The molecule has 1 aromatic rings. The molecule has 4 heteroatoms. The molecular formula is C18H26O4. The zero-order valence-corrected chi connectivity index (χ0v) is 13.2. The molecule has 3 atom stereocenters. The van der Waals surface area contributed by atoms with E-state index in [4.69, 9.17) is 14.2 Å². The summed E-state index contributed by atoms with van der Waals surface area (Å²) in [6.07, 6.45) is 3.51. The molecule has 1 heterocycles. The molecule has 1 fully saturated rings. The normalized spacial score (nSPS) is 24.6. The van der Waals surface area contributed by atoms with Crippen molar-refractivity contribution in [2.24, 2.45) is 0 Å². The van der Waals surface area contributed by atoms with Crippen LogP contribution in [0.4, 0.5) is 0 Å². The standard InChI is InChI=1S/C18H26O4/c1-3-11-18(2,19)14-22-17-16(10-7-12-20-17)21-13-15-8-5-4-6-9-15/h3-6,8-9,16-17,19H,1,7,10-14H2,2H3/t16-,17+,18-/m0/s1.